The maximum atomic E-state index is 12.2. The molecule has 1 unspecified atom stereocenters. The summed E-state index contributed by atoms with van der Waals surface area (Å²) in [4.78, 5) is 24.9. The molecule has 0 spiro atoms. The molecule has 3 N–H and O–H groups in total. The summed E-state index contributed by atoms with van der Waals surface area (Å²) in [7, 11) is -3.34. The zero-order chi connectivity index (χ0) is 18.0. The van der Waals surface area contributed by atoms with Crippen LogP contribution in [0.3, 0.4) is 0 Å². The lowest BCUT2D eigenvalue weighted by atomic mass is 9.90. The van der Waals surface area contributed by atoms with Gasteiger partial charge in [0.2, 0.25) is 10.0 Å². The zero-order valence-corrected chi connectivity index (χ0v) is 14.4. The molecule has 8 nitrogen and oxygen atoms in total. The summed E-state index contributed by atoms with van der Waals surface area (Å²) in [5, 5.41) is 11.9. The van der Waals surface area contributed by atoms with Gasteiger partial charge in [-0.15, -0.1) is 0 Å². The number of nitrogens with one attached hydrogen (secondary N) is 2. The molecular weight excluding hydrogens is 334 g/mol. The molecule has 2 amide bonds. The van der Waals surface area contributed by atoms with Gasteiger partial charge in [-0.2, -0.15) is 0 Å². The molecule has 0 bridgehead atoms. The van der Waals surface area contributed by atoms with Gasteiger partial charge in [-0.05, 0) is 44.5 Å². The number of carboxylic acids is 1. The summed E-state index contributed by atoms with van der Waals surface area (Å²) in [6.45, 7) is 3.70. The number of nitrogens with zero attached hydrogens (tertiary/aromatic N) is 1. The van der Waals surface area contributed by atoms with E-state index in [0.717, 1.165) is 0 Å². The third-order valence-corrected chi connectivity index (χ3v) is 5.37. The third-order valence-electron chi connectivity index (χ3n) is 4.07. The lowest BCUT2D eigenvalue weighted by Crippen LogP contribution is -2.37. The number of benzene rings is 1. The topological polar surface area (TPSA) is 116 Å². The van der Waals surface area contributed by atoms with Crippen LogP contribution in [-0.4, -0.2) is 49.3 Å². The Kier molecular flexibility index (Phi) is 5.02. The molecule has 0 radical (unpaired) electrons. The summed E-state index contributed by atoms with van der Waals surface area (Å²) in [5.41, 5.74) is -0.00236. The summed E-state index contributed by atoms with van der Waals surface area (Å²) < 4.78 is 25.4. The quantitative estimate of drug-likeness (QED) is 0.744. The number of carbonyl (C=O) groups is 2. The van der Waals surface area contributed by atoms with Crippen molar-refractivity contribution in [2.45, 2.75) is 20.3 Å². The molecule has 1 aliphatic heterocycles. The smallest absolute Gasteiger partial charge is 0.321 e. The number of urea groups is 1. The molecule has 1 aromatic rings. The van der Waals surface area contributed by atoms with E-state index >= 15 is 0 Å². The Morgan fingerprint density at radius 1 is 1.25 bits per heavy atom. The van der Waals surface area contributed by atoms with Crippen LogP contribution in [0.25, 0.3) is 0 Å². The first kappa shape index (κ1) is 18.1. The number of likely N-dealkylation sites (tertiary alicyclic amines) is 1. The number of carbonyl (C=O) groups excluding carboxylic acids is 1. The molecule has 1 aromatic carbocycles. The van der Waals surface area contributed by atoms with E-state index in [1.165, 1.54) is 11.8 Å². The first-order chi connectivity index (χ1) is 11.1. The Morgan fingerprint density at radius 2 is 1.83 bits per heavy atom. The second-order valence-electron chi connectivity index (χ2n) is 6.05. The molecular formula is C15H21N3O5S. The second-order valence-corrected chi connectivity index (χ2v) is 8.06. The van der Waals surface area contributed by atoms with Crippen molar-refractivity contribution in [3.8, 4) is 0 Å². The number of sulfonamides is 1. The second kappa shape index (κ2) is 6.68. The third kappa shape index (κ3) is 4.16. The minimum Gasteiger partial charge on any atom is -0.481 e. The lowest BCUT2D eigenvalue weighted by Gasteiger charge is -2.20. The van der Waals surface area contributed by atoms with Crippen molar-refractivity contribution < 1.29 is 23.1 Å². The summed E-state index contributed by atoms with van der Waals surface area (Å²) in [6, 6.07) is 5.89. The molecule has 0 aliphatic carbocycles. The number of carboxylic acid groups (broad SMARTS) is 1. The van der Waals surface area contributed by atoms with E-state index in [1.807, 2.05) is 0 Å². The van der Waals surface area contributed by atoms with Crippen LogP contribution < -0.4 is 10.0 Å². The van der Waals surface area contributed by atoms with E-state index in [2.05, 4.69) is 10.0 Å². The van der Waals surface area contributed by atoms with E-state index < -0.39 is 21.4 Å². The van der Waals surface area contributed by atoms with Crippen molar-refractivity contribution in [2.75, 3.05) is 28.9 Å². The average Bonchev–Trinajstić information content (AvgIpc) is 2.93. The van der Waals surface area contributed by atoms with Crippen LogP contribution in [-0.2, 0) is 14.8 Å². The average molecular weight is 355 g/mol. The lowest BCUT2D eigenvalue weighted by molar-refractivity contribution is -0.146. The van der Waals surface area contributed by atoms with E-state index in [9.17, 15) is 23.1 Å². The predicted octanol–water partition coefficient (Wildman–Crippen LogP) is 1.78. The minimum atomic E-state index is -3.34. The van der Waals surface area contributed by atoms with Gasteiger partial charge >= 0.3 is 12.0 Å². The molecule has 0 aromatic heterocycles. The molecule has 9 heteroatoms. The number of amides is 2. The van der Waals surface area contributed by atoms with Gasteiger partial charge in [0.05, 0.1) is 11.2 Å². The Labute approximate surface area is 140 Å². The largest absolute Gasteiger partial charge is 0.481 e. The van der Waals surface area contributed by atoms with Crippen LogP contribution in [0.1, 0.15) is 20.3 Å². The maximum Gasteiger partial charge on any atom is 0.321 e. The highest BCUT2D eigenvalue weighted by Crippen LogP contribution is 2.30. The fourth-order valence-corrected chi connectivity index (χ4v) is 3.02. The van der Waals surface area contributed by atoms with Crippen LogP contribution in [0.2, 0.25) is 0 Å². The highest BCUT2D eigenvalue weighted by Gasteiger charge is 2.42. The summed E-state index contributed by atoms with van der Waals surface area (Å²) in [6.07, 6.45) is 0.410. The van der Waals surface area contributed by atoms with Crippen LogP contribution in [0.5, 0.6) is 0 Å². The van der Waals surface area contributed by atoms with Crippen LogP contribution in [0.15, 0.2) is 24.3 Å². The SMILES string of the molecule is CCS(=O)(=O)Nc1ccc(NC(=O)N2CCC(C)(C(=O)O)C2)cc1. The van der Waals surface area contributed by atoms with E-state index in [1.54, 1.807) is 31.2 Å². The molecule has 2 rings (SSSR count). The first-order valence-electron chi connectivity index (χ1n) is 7.55. The number of rotatable bonds is 5. The Hall–Kier alpha value is -2.29. The summed E-state index contributed by atoms with van der Waals surface area (Å²) in [5.74, 6) is -0.937. The molecule has 1 aliphatic rings. The number of anilines is 2. The highest BCUT2D eigenvalue weighted by atomic mass is 32.2. The number of hydrogen-bond acceptors (Lipinski definition) is 4. The van der Waals surface area contributed by atoms with Gasteiger partial charge in [0.25, 0.3) is 0 Å². The molecule has 1 fully saturated rings. The normalized spacial score (nSPS) is 20.7. The van der Waals surface area contributed by atoms with Crippen molar-refractivity contribution in [2.24, 2.45) is 5.41 Å². The fourth-order valence-electron chi connectivity index (χ4n) is 2.38. The Bertz CT molecular complexity index is 732. The Balaban J connectivity index is 1.97. The maximum absolute atomic E-state index is 12.2. The summed E-state index contributed by atoms with van der Waals surface area (Å²) >= 11 is 0. The van der Waals surface area contributed by atoms with Gasteiger partial charge in [-0.3, -0.25) is 9.52 Å². The van der Waals surface area contributed by atoms with Crippen molar-refractivity contribution >= 4 is 33.4 Å². The monoisotopic (exact) mass is 355 g/mol. The van der Waals surface area contributed by atoms with Crippen LogP contribution >= 0.6 is 0 Å². The fraction of sp³-hybridized carbons (Fsp3) is 0.467. The van der Waals surface area contributed by atoms with Gasteiger partial charge in [0, 0.05) is 24.5 Å². The first-order valence-corrected chi connectivity index (χ1v) is 9.20. The van der Waals surface area contributed by atoms with Gasteiger partial charge < -0.3 is 15.3 Å². The highest BCUT2D eigenvalue weighted by molar-refractivity contribution is 7.92. The number of aliphatic carboxylic acids is 1. The molecule has 1 atom stereocenters. The van der Waals surface area contributed by atoms with Crippen molar-refractivity contribution in [3.63, 3.8) is 0 Å². The molecule has 1 heterocycles. The van der Waals surface area contributed by atoms with Gasteiger partial charge in [-0.25, -0.2) is 13.2 Å². The predicted molar refractivity (Wildman–Crippen MR) is 90.5 cm³/mol. The Morgan fingerprint density at radius 3 is 2.33 bits per heavy atom. The molecule has 1 saturated heterocycles. The number of hydrogen-bond donors (Lipinski definition) is 3. The van der Waals surface area contributed by atoms with Crippen LogP contribution in [0, 0.1) is 5.41 Å². The molecule has 24 heavy (non-hydrogen) atoms. The van der Waals surface area contributed by atoms with E-state index in [4.69, 9.17) is 0 Å². The zero-order valence-electron chi connectivity index (χ0n) is 13.6. The van der Waals surface area contributed by atoms with E-state index in [-0.39, 0.29) is 18.3 Å². The minimum absolute atomic E-state index is 0.0250. The van der Waals surface area contributed by atoms with Gasteiger partial charge in [0.15, 0.2) is 0 Å². The molecule has 0 saturated carbocycles. The van der Waals surface area contributed by atoms with Crippen molar-refractivity contribution in [1.82, 2.24) is 4.90 Å². The van der Waals surface area contributed by atoms with Gasteiger partial charge in [0.1, 0.15) is 0 Å². The molecule has 132 valence electrons. The standard InChI is InChI=1S/C15H21N3O5S/c1-3-24(22,23)17-12-6-4-11(5-7-12)16-14(21)18-9-8-15(2,10-18)13(19)20/h4-7,17H,3,8-10H2,1-2H3,(H,16,21)(H,19,20). The van der Waals surface area contributed by atoms with Crippen molar-refractivity contribution in [3.05, 3.63) is 24.3 Å². The van der Waals surface area contributed by atoms with E-state index in [0.29, 0.717) is 24.3 Å². The van der Waals surface area contributed by atoms with Crippen molar-refractivity contribution in [1.29, 1.82) is 0 Å². The van der Waals surface area contributed by atoms with Crippen LogP contribution in [0.4, 0.5) is 16.2 Å². The van der Waals surface area contributed by atoms with Gasteiger partial charge in [-0.1, -0.05) is 0 Å².